The number of halogens is 3. The number of unbranched alkanes of at least 4 members (excludes halogenated alkanes) is 22. The van der Waals surface area contributed by atoms with Crippen LogP contribution in [0.1, 0.15) is 148 Å². The van der Waals surface area contributed by atoms with Gasteiger partial charge in [-0.05, 0) is 12.5 Å². The SMILES string of the molecule is Cl[SiH](Cl)CCCCCCCCCCCCCCCCCCCCCCCCCBr. The molecule has 0 radical (unpaired) electrons. The van der Waals surface area contributed by atoms with Crippen molar-refractivity contribution in [2.75, 3.05) is 5.33 Å². The van der Waals surface area contributed by atoms with Crippen LogP contribution in [0.3, 0.4) is 0 Å². The molecule has 0 aliphatic rings. The zero-order chi connectivity index (χ0) is 21.3. The molecule has 0 aliphatic carbocycles. The first-order valence-electron chi connectivity index (χ1n) is 13.1. The van der Waals surface area contributed by atoms with Crippen molar-refractivity contribution < 1.29 is 0 Å². The molecule has 0 aliphatic heterocycles. The van der Waals surface area contributed by atoms with Crippen LogP contribution < -0.4 is 0 Å². The number of hydrogen-bond acceptors (Lipinski definition) is 0. The van der Waals surface area contributed by atoms with Crippen molar-refractivity contribution in [3.63, 3.8) is 0 Å². The molecule has 0 aromatic carbocycles. The van der Waals surface area contributed by atoms with Gasteiger partial charge in [-0.25, -0.2) is 0 Å². The van der Waals surface area contributed by atoms with Crippen molar-refractivity contribution in [1.29, 1.82) is 0 Å². The summed E-state index contributed by atoms with van der Waals surface area (Å²) in [5.74, 6) is 0. The van der Waals surface area contributed by atoms with Crippen molar-refractivity contribution in [2.45, 2.75) is 154 Å². The van der Waals surface area contributed by atoms with E-state index < -0.39 is 7.42 Å². The van der Waals surface area contributed by atoms with E-state index in [4.69, 9.17) is 22.2 Å². The van der Waals surface area contributed by atoms with Gasteiger partial charge >= 0.3 is 0 Å². The molecule has 0 aromatic rings. The third kappa shape index (κ3) is 29.3. The van der Waals surface area contributed by atoms with Crippen LogP contribution in [-0.2, 0) is 0 Å². The summed E-state index contributed by atoms with van der Waals surface area (Å²) in [5.41, 5.74) is 0. The molecule has 0 spiro atoms. The maximum absolute atomic E-state index is 5.88. The van der Waals surface area contributed by atoms with Crippen LogP contribution in [0, 0.1) is 0 Å². The van der Waals surface area contributed by atoms with Crippen LogP contribution in [0.4, 0.5) is 0 Å². The van der Waals surface area contributed by atoms with Crippen molar-refractivity contribution in [1.82, 2.24) is 0 Å². The van der Waals surface area contributed by atoms with E-state index in [1.807, 2.05) is 0 Å². The summed E-state index contributed by atoms with van der Waals surface area (Å²) in [7, 11) is -1.33. The van der Waals surface area contributed by atoms with E-state index in [-0.39, 0.29) is 0 Å². The number of hydrogen-bond donors (Lipinski definition) is 0. The van der Waals surface area contributed by atoms with E-state index in [0.29, 0.717) is 0 Å². The second kappa shape index (κ2) is 27.3. The molecule has 0 rings (SSSR count). The van der Waals surface area contributed by atoms with Gasteiger partial charge in [0.15, 0.2) is 0 Å². The van der Waals surface area contributed by atoms with Gasteiger partial charge < -0.3 is 0 Å². The maximum Gasteiger partial charge on any atom is 0.237 e. The third-order valence-corrected chi connectivity index (χ3v) is 8.77. The molecule has 29 heavy (non-hydrogen) atoms. The molecule has 0 atom stereocenters. The van der Waals surface area contributed by atoms with E-state index in [9.17, 15) is 0 Å². The van der Waals surface area contributed by atoms with E-state index in [1.165, 1.54) is 153 Å². The minimum Gasteiger partial charge on any atom is -0.150 e. The largest absolute Gasteiger partial charge is 0.237 e. The van der Waals surface area contributed by atoms with Gasteiger partial charge in [0.05, 0.1) is 0 Å². The monoisotopic (exact) mass is 528 g/mol. The summed E-state index contributed by atoms with van der Waals surface area (Å²) in [6.07, 6.45) is 33.0. The molecule has 0 aromatic heterocycles. The molecule has 0 heterocycles. The zero-order valence-corrected chi connectivity index (χ0v) is 23.6. The Morgan fingerprint density at radius 1 is 0.345 bits per heavy atom. The lowest BCUT2D eigenvalue weighted by Crippen LogP contribution is -1.91. The lowest BCUT2D eigenvalue weighted by atomic mass is 10.0. The first-order valence-corrected chi connectivity index (χ1v) is 18.5. The molecule has 176 valence electrons. The Labute approximate surface area is 203 Å². The van der Waals surface area contributed by atoms with E-state index >= 15 is 0 Å². The number of alkyl halides is 1. The van der Waals surface area contributed by atoms with Crippen molar-refractivity contribution in [3.8, 4) is 0 Å². The van der Waals surface area contributed by atoms with Gasteiger partial charge in [0.2, 0.25) is 7.42 Å². The van der Waals surface area contributed by atoms with Gasteiger partial charge in [-0.1, -0.05) is 157 Å². The van der Waals surface area contributed by atoms with Crippen LogP contribution in [0.5, 0.6) is 0 Å². The predicted molar refractivity (Wildman–Crippen MR) is 144 cm³/mol. The molecule has 0 N–H and O–H groups in total. The van der Waals surface area contributed by atoms with Crippen LogP contribution in [0.2, 0.25) is 6.04 Å². The summed E-state index contributed by atoms with van der Waals surface area (Å²) in [6.45, 7) is 0. The Bertz CT molecular complexity index is 290. The van der Waals surface area contributed by atoms with Gasteiger partial charge in [0, 0.05) is 5.33 Å². The zero-order valence-electron chi connectivity index (χ0n) is 19.4. The molecular weight excluding hydrogens is 479 g/mol. The van der Waals surface area contributed by atoms with Gasteiger partial charge in [-0.15, -0.1) is 0 Å². The average molecular weight is 531 g/mol. The Morgan fingerprint density at radius 3 is 0.759 bits per heavy atom. The van der Waals surface area contributed by atoms with Crippen molar-refractivity contribution >= 4 is 45.5 Å². The Balaban J connectivity index is 2.98. The smallest absolute Gasteiger partial charge is 0.150 e. The molecule has 4 heteroatoms. The highest BCUT2D eigenvalue weighted by Crippen LogP contribution is 2.16. The molecule has 0 fully saturated rings. The topological polar surface area (TPSA) is 0 Å². The van der Waals surface area contributed by atoms with Crippen molar-refractivity contribution in [2.24, 2.45) is 0 Å². The summed E-state index contributed by atoms with van der Waals surface area (Å²) < 4.78 is 0. The fraction of sp³-hybridized carbons (Fsp3) is 1.00. The number of rotatable bonds is 25. The molecule has 0 saturated heterocycles. The lowest BCUT2D eigenvalue weighted by Gasteiger charge is -2.04. The van der Waals surface area contributed by atoms with Gasteiger partial charge in [0.25, 0.3) is 0 Å². The van der Waals surface area contributed by atoms with Crippen molar-refractivity contribution in [3.05, 3.63) is 0 Å². The first-order chi connectivity index (χ1) is 14.3. The van der Waals surface area contributed by atoms with Crippen LogP contribution in [0.25, 0.3) is 0 Å². The minimum absolute atomic E-state index is 1.10. The molecule has 0 unspecified atom stereocenters. The molecule has 0 bridgehead atoms. The second-order valence-corrected chi connectivity index (χ2v) is 15.0. The maximum atomic E-state index is 5.88. The van der Waals surface area contributed by atoms with Gasteiger partial charge in [0.1, 0.15) is 0 Å². The van der Waals surface area contributed by atoms with E-state index in [1.54, 1.807) is 0 Å². The average Bonchev–Trinajstić information content (AvgIpc) is 2.71. The van der Waals surface area contributed by atoms with Gasteiger partial charge in [-0.2, -0.15) is 22.2 Å². The Hall–Kier alpha value is 1.28. The van der Waals surface area contributed by atoms with Crippen LogP contribution >= 0.6 is 38.1 Å². The molecule has 0 nitrogen and oxygen atoms in total. The molecule has 0 amide bonds. The Kier molecular flexibility index (Phi) is 28.5. The minimum atomic E-state index is -1.33. The normalized spacial score (nSPS) is 11.6. The highest BCUT2D eigenvalue weighted by Gasteiger charge is 2.00. The fourth-order valence-electron chi connectivity index (χ4n) is 4.11. The third-order valence-electron chi connectivity index (χ3n) is 6.06. The second-order valence-electron chi connectivity index (χ2n) is 9.00. The quantitative estimate of drug-likeness (QED) is 0.0477. The highest BCUT2D eigenvalue weighted by atomic mass is 79.9. The highest BCUT2D eigenvalue weighted by molar-refractivity contribution is 9.09. The summed E-state index contributed by atoms with van der Waals surface area (Å²) in [6, 6.07) is 1.10. The van der Waals surface area contributed by atoms with E-state index in [2.05, 4.69) is 15.9 Å². The predicted octanol–water partition coefficient (Wildman–Crippen LogP) is 11.1. The first kappa shape index (κ1) is 30.3. The summed E-state index contributed by atoms with van der Waals surface area (Å²) in [5, 5.41) is 1.18. The standard InChI is InChI=1S/C25H51BrCl2Si/c26-24-22-20-18-16-14-12-10-8-6-4-2-1-3-5-7-9-11-13-15-17-19-21-23-25-29(27)28/h29H,1-25H2. The van der Waals surface area contributed by atoms with Crippen LogP contribution in [-0.4, -0.2) is 12.7 Å². The van der Waals surface area contributed by atoms with Gasteiger partial charge in [-0.3, -0.25) is 0 Å². The lowest BCUT2D eigenvalue weighted by molar-refractivity contribution is 0.519. The fourth-order valence-corrected chi connectivity index (χ4v) is 6.03. The molecular formula is C25H51BrCl2Si. The summed E-state index contributed by atoms with van der Waals surface area (Å²) >= 11 is 15.3. The van der Waals surface area contributed by atoms with E-state index in [0.717, 1.165) is 6.04 Å². The van der Waals surface area contributed by atoms with Crippen LogP contribution in [0.15, 0.2) is 0 Å². The summed E-state index contributed by atoms with van der Waals surface area (Å²) in [4.78, 5) is 0. The molecule has 0 saturated carbocycles. The Morgan fingerprint density at radius 2 is 0.552 bits per heavy atom.